The summed E-state index contributed by atoms with van der Waals surface area (Å²) >= 11 is 5.36. The Hall–Kier alpha value is -2.93. The number of rotatable bonds is 9. The number of carbonyl (C=O) groups is 1. The molecule has 1 heterocycles. The van der Waals surface area contributed by atoms with Crippen molar-refractivity contribution < 1.29 is 9.53 Å². The Balaban J connectivity index is 1.51. The molecule has 1 aromatic heterocycles. The summed E-state index contributed by atoms with van der Waals surface area (Å²) in [4.78, 5) is 12.4. The maximum atomic E-state index is 12.4. The number of amides is 1. The van der Waals surface area contributed by atoms with Gasteiger partial charge in [0.2, 0.25) is 5.91 Å². The van der Waals surface area contributed by atoms with Crippen molar-refractivity contribution in [2.24, 2.45) is 0 Å². The number of ether oxygens (including phenoxy) is 1. The smallest absolute Gasteiger partial charge is 0.222 e. The summed E-state index contributed by atoms with van der Waals surface area (Å²) in [6.45, 7) is 4.55. The summed E-state index contributed by atoms with van der Waals surface area (Å²) in [7, 11) is 1.66. The Bertz CT molecular complexity index is 1020. The molecule has 1 unspecified atom stereocenters. The quantitative estimate of drug-likeness (QED) is 0.498. The van der Waals surface area contributed by atoms with Crippen LogP contribution in [0.4, 0.5) is 0 Å². The summed E-state index contributed by atoms with van der Waals surface area (Å²) in [6, 6.07) is 16.2. The lowest BCUT2D eigenvalue weighted by atomic mass is 10.1. The molecular formula is C23H28N4O2S. The van der Waals surface area contributed by atoms with E-state index in [1.165, 1.54) is 11.1 Å². The maximum absolute atomic E-state index is 12.4. The van der Waals surface area contributed by atoms with Gasteiger partial charge in [-0.2, -0.15) is 5.10 Å². The Morgan fingerprint density at radius 1 is 1.20 bits per heavy atom. The van der Waals surface area contributed by atoms with Gasteiger partial charge in [0.15, 0.2) is 10.6 Å². The Kier molecular flexibility index (Phi) is 7.41. The van der Waals surface area contributed by atoms with Crippen LogP contribution in [0.1, 0.15) is 30.9 Å². The molecule has 0 aliphatic heterocycles. The van der Waals surface area contributed by atoms with Gasteiger partial charge in [0, 0.05) is 24.6 Å². The Morgan fingerprint density at radius 2 is 1.90 bits per heavy atom. The minimum absolute atomic E-state index is 0.00943. The van der Waals surface area contributed by atoms with Gasteiger partial charge in [0.05, 0.1) is 7.11 Å². The largest absolute Gasteiger partial charge is 0.497 e. The highest BCUT2D eigenvalue weighted by atomic mass is 32.1. The van der Waals surface area contributed by atoms with Gasteiger partial charge < -0.3 is 10.1 Å². The first kappa shape index (κ1) is 21.8. The standard InChI is InChI=1S/C23H28N4O2S/c1-16-4-10-19(11-5-16)22-25-26-23(30)27(22)15-14-21(28)24-17(2)6-7-18-8-12-20(29-3)13-9-18/h4-5,8-13,17H,6-7,14-15H2,1-3H3,(H,24,28)(H,26,30). The number of carbonyl (C=O) groups excluding carboxylic acids is 1. The lowest BCUT2D eigenvalue weighted by molar-refractivity contribution is -0.121. The minimum Gasteiger partial charge on any atom is -0.497 e. The van der Waals surface area contributed by atoms with Crippen molar-refractivity contribution in [3.05, 3.63) is 64.4 Å². The lowest BCUT2D eigenvalue weighted by Gasteiger charge is -2.14. The molecule has 6 nitrogen and oxygen atoms in total. The predicted octanol–water partition coefficient (Wildman–Crippen LogP) is 4.45. The molecule has 1 amide bonds. The van der Waals surface area contributed by atoms with Crippen molar-refractivity contribution in [2.45, 2.75) is 45.7 Å². The van der Waals surface area contributed by atoms with Crippen LogP contribution in [0.3, 0.4) is 0 Å². The molecule has 0 radical (unpaired) electrons. The zero-order valence-electron chi connectivity index (χ0n) is 17.6. The van der Waals surface area contributed by atoms with Gasteiger partial charge in [-0.1, -0.05) is 42.0 Å². The van der Waals surface area contributed by atoms with Crippen molar-refractivity contribution in [1.29, 1.82) is 0 Å². The number of aromatic nitrogens is 3. The number of nitrogens with one attached hydrogen (secondary N) is 2. The summed E-state index contributed by atoms with van der Waals surface area (Å²) in [5, 5.41) is 10.3. The van der Waals surface area contributed by atoms with E-state index in [4.69, 9.17) is 17.0 Å². The zero-order valence-corrected chi connectivity index (χ0v) is 18.5. The van der Waals surface area contributed by atoms with Crippen LogP contribution in [0.15, 0.2) is 48.5 Å². The van der Waals surface area contributed by atoms with Crippen LogP contribution in [0.5, 0.6) is 5.75 Å². The molecule has 7 heteroatoms. The fraction of sp³-hybridized carbons (Fsp3) is 0.348. The molecule has 0 spiro atoms. The molecule has 158 valence electrons. The summed E-state index contributed by atoms with van der Waals surface area (Å²) in [5.41, 5.74) is 3.38. The Morgan fingerprint density at radius 3 is 2.57 bits per heavy atom. The van der Waals surface area contributed by atoms with Crippen LogP contribution < -0.4 is 10.1 Å². The van der Waals surface area contributed by atoms with Crippen molar-refractivity contribution in [3.63, 3.8) is 0 Å². The van der Waals surface area contributed by atoms with E-state index in [1.807, 2.05) is 54.8 Å². The molecule has 0 saturated carbocycles. The van der Waals surface area contributed by atoms with Gasteiger partial charge in [0.25, 0.3) is 0 Å². The van der Waals surface area contributed by atoms with Gasteiger partial charge in [-0.25, -0.2) is 0 Å². The number of methoxy groups -OCH3 is 1. The number of nitrogens with zero attached hydrogens (tertiary/aromatic N) is 2. The van der Waals surface area contributed by atoms with Crippen LogP contribution in [0, 0.1) is 11.7 Å². The molecule has 3 aromatic rings. The van der Waals surface area contributed by atoms with Crippen LogP contribution in [0.2, 0.25) is 0 Å². The van der Waals surface area contributed by atoms with Crippen molar-refractivity contribution in [1.82, 2.24) is 20.1 Å². The normalized spacial score (nSPS) is 11.8. The van der Waals surface area contributed by atoms with Crippen molar-refractivity contribution in [2.75, 3.05) is 7.11 Å². The van der Waals surface area contributed by atoms with E-state index in [2.05, 4.69) is 27.6 Å². The van der Waals surface area contributed by atoms with Crippen molar-refractivity contribution in [3.8, 4) is 17.1 Å². The molecule has 0 saturated heterocycles. The highest BCUT2D eigenvalue weighted by Crippen LogP contribution is 2.18. The number of hydrogen-bond acceptors (Lipinski definition) is 4. The summed E-state index contributed by atoms with van der Waals surface area (Å²) in [6.07, 6.45) is 2.12. The van der Waals surface area contributed by atoms with Gasteiger partial charge in [-0.3, -0.25) is 14.5 Å². The van der Waals surface area contributed by atoms with E-state index in [0.717, 1.165) is 30.0 Å². The van der Waals surface area contributed by atoms with Gasteiger partial charge >= 0.3 is 0 Å². The lowest BCUT2D eigenvalue weighted by Crippen LogP contribution is -2.33. The number of aryl methyl sites for hydroxylation is 2. The highest BCUT2D eigenvalue weighted by molar-refractivity contribution is 7.71. The Labute approximate surface area is 182 Å². The second-order valence-corrected chi connectivity index (χ2v) is 7.86. The van der Waals surface area contributed by atoms with Crippen LogP contribution >= 0.6 is 12.2 Å². The number of H-pyrrole nitrogens is 1. The fourth-order valence-corrected chi connectivity index (χ4v) is 3.48. The average molecular weight is 425 g/mol. The summed E-state index contributed by atoms with van der Waals surface area (Å²) in [5.74, 6) is 1.61. The van der Waals surface area contributed by atoms with E-state index in [-0.39, 0.29) is 11.9 Å². The first-order valence-electron chi connectivity index (χ1n) is 10.1. The minimum atomic E-state index is 0.00943. The summed E-state index contributed by atoms with van der Waals surface area (Å²) < 4.78 is 7.58. The second-order valence-electron chi connectivity index (χ2n) is 7.48. The number of aromatic amines is 1. The van der Waals surface area contributed by atoms with E-state index in [9.17, 15) is 4.79 Å². The zero-order chi connectivity index (χ0) is 21.5. The maximum Gasteiger partial charge on any atom is 0.222 e. The van der Waals surface area contributed by atoms with Crippen LogP contribution in [-0.4, -0.2) is 33.8 Å². The molecule has 0 bridgehead atoms. The third-order valence-electron chi connectivity index (χ3n) is 5.06. The first-order valence-corrected chi connectivity index (χ1v) is 10.5. The molecule has 1 atom stereocenters. The molecule has 0 aliphatic carbocycles. The van der Waals surface area contributed by atoms with E-state index >= 15 is 0 Å². The third-order valence-corrected chi connectivity index (χ3v) is 5.37. The number of benzene rings is 2. The molecular weight excluding hydrogens is 396 g/mol. The van der Waals surface area contributed by atoms with Crippen LogP contribution in [-0.2, 0) is 17.8 Å². The van der Waals surface area contributed by atoms with Crippen LogP contribution in [0.25, 0.3) is 11.4 Å². The molecule has 3 rings (SSSR count). The monoisotopic (exact) mass is 424 g/mol. The van der Waals surface area contributed by atoms with Crippen molar-refractivity contribution >= 4 is 18.1 Å². The molecule has 2 N–H and O–H groups in total. The second kappa shape index (κ2) is 10.2. The van der Waals surface area contributed by atoms with Gasteiger partial charge in [-0.05, 0) is 56.6 Å². The SMILES string of the molecule is COc1ccc(CCC(C)NC(=O)CCn2c(-c3ccc(C)cc3)n[nH]c2=S)cc1. The predicted molar refractivity (Wildman–Crippen MR) is 121 cm³/mol. The third kappa shape index (κ3) is 5.79. The molecule has 0 fully saturated rings. The first-order chi connectivity index (χ1) is 14.5. The van der Waals surface area contributed by atoms with E-state index in [1.54, 1.807) is 7.11 Å². The van der Waals surface area contributed by atoms with E-state index < -0.39 is 0 Å². The average Bonchev–Trinajstić information content (AvgIpc) is 3.12. The molecule has 0 aliphatic rings. The van der Waals surface area contributed by atoms with Gasteiger partial charge in [0.1, 0.15) is 5.75 Å². The van der Waals surface area contributed by atoms with Gasteiger partial charge in [-0.15, -0.1) is 0 Å². The topological polar surface area (TPSA) is 71.9 Å². The highest BCUT2D eigenvalue weighted by Gasteiger charge is 2.12. The fourth-order valence-electron chi connectivity index (χ4n) is 3.26. The van der Waals surface area contributed by atoms with E-state index in [0.29, 0.717) is 17.7 Å². The number of hydrogen-bond donors (Lipinski definition) is 2. The molecule has 2 aromatic carbocycles. The molecule has 30 heavy (non-hydrogen) atoms.